The fourth-order valence-electron chi connectivity index (χ4n) is 3.69. The van der Waals surface area contributed by atoms with Gasteiger partial charge in [0.2, 0.25) is 11.1 Å². The first-order valence-electron chi connectivity index (χ1n) is 10.2. The van der Waals surface area contributed by atoms with Gasteiger partial charge >= 0.3 is 0 Å². The number of hydrazone groups is 1. The molecular formula is C22H17Cl2N5O3S. The van der Waals surface area contributed by atoms with Crippen LogP contribution < -0.4 is 0 Å². The van der Waals surface area contributed by atoms with Crippen LogP contribution in [0, 0.1) is 5.41 Å². The minimum Gasteiger partial charge on any atom is -0.457 e. The van der Waals surface area contributed by atoms with Gasteiger partial charge < -0.3 is 9.32 Å². The van der Waals surface area contributed by atoms with Crippen molar-refractivity contribution < 1.29 is 14.0 Å². The number of likely N-dealkylation sites (tertiary alicyclic amines) is 1. The lowest BCUT2D eigenvalue weighted by molar-refractivity contribution is -0.128. The van der Waals surface area contributed by atoms with E-state index in [1.807, 2.05) is 4.90 Å². The third kappa shape index (κ3) is 4.36. The molecule has 11 heteroatoms. The first-order chi connectivity index (χ1) is 15.9. The van der Waals surface area contributed by atoms with E-state index >= 15 is 0 Å². The molecule has 1 N–H and O–H groups in total. The van der Waals surface area contributed by atoms with Crippen LogP contribution in [0.1, 0.15) is 25.0 Å². The van der Waals surface area contributed by atoms with Gasteiger partial charge in [-0.05, 0) is 61.0 Å². The number of halogens is 2. The molecule has 1 fully saturated rings. The van der Waals surface area contributed by atoms with Crippen molar-refractivity contribution in [3.63, 3.8) is 0 Å². The van der Waals surface area contributed by atoms with E-state index in [2.05, 4.69) is 10.1 Å². The minimum atomic E-state index is -0.562. The van der Waals surface area contributed by atoms with Gasteiger partial charge in [0.25, 0.3) is 5.91 Å². The number of amides is 2. The van der Waals surface area contributed by atoms with Crippen molar-refractivity contribution in [2.45, 2.75) is 19.3 Å². The second-order valence-electron chi connectivity index (χ2n) is 7.61. The predicted molar refractivity (Wildman–Crippen MR) is 130 cm³/mol. The number of aliphatic imine (C=N–C) groups is 1. The van der Waals surface area contributed by atoms with E-state index in [-0.39, 0.29) is 28.9 Å². The predicted octanol–water partition coefficient (Wildman–Crippen LogP) is 4.89. The van der Waals surface area contributed by atoms with Crippen LogP contribution in [0.25, 0.3) is 17.4 Å². The number of amidine groups is 2. The number of carbonyl (C=O) groups is 2. The van der Waals surface area contributed by atoms with Gasteiger partial charge in [0.05, 0.1) is 22.0 Å². The molecule has 0 spiro atoms. The smallest absolute Gasteiger partial charge is 0.283 e. The van der Waals surface area contributed by atoms with Crippen LogP contribution in [0.5, 0.6) is 0 Å². The Bertz CT molecular complexity index is 1280. The summed E-state index contributed by atoms with van der Waals surface area (Å²) in [5.74, 6) is 0.236. The van der Waals surface area contributed by atoms with Gasteiger partial charge in [-0.3, -0.25) is 15.0 Å². The SMILES string of the molecule is N=C1C(=Cc2ccc(-c3ccc(Cl)c(Cl)c3)o2)C(=O)N=C2SC(CC(=O)N3CCCC3)=NN12. The third-order valence-corrected chi connectivity index (χ3v) is 7.02. The van der Waals surface area contributed by atoms with Gasteiger partial charge in [-0.15, -0.1) is 0 Å². The molecule has 0 unspecified atom stereocenters. The molecule has 0 atom stereocenters. The molecule has 2 amide bonds. The average Bonchev–Trinajstić information content (AvgIpc) is 3.54. The molecule has 2 aromatic rings. The number of benzene rings is 1. The normalized spacial score (nSPS) is 19.3. The lowest BCUT2D eigenvalue weighted by atomic mass is 10.1. The standard InChI is InChI=1S/C22H17Cl2N5O3S/c23-15-5-3-12(9-16(15)24)17-6-4-13(32-17)10-14-20(25)29-22(26-21(14)31)33-18(27-29)11-19(30)28-7-1-2-8-28/h3-6,9-10,25H,1-2,7-8,11H2. The molecule has 33 heavy (non-hydrogen) atoms. The number of thioether (sulfide) groups is 1. The molecule has 168 valence electrons. The molecule has 0 saturated carbocycles. The van der Waals surface area contributed by atoms with Gasteiger partial charge in [0.15, 0.2) is 5.84 Å². The molecule has 1 aromatic carbocycles. The monoisotopic (exact) mass is 501 g/mol. The van der Waals surface area contributed by atoms with Gasteiger partial charge in [-0.1, -0.05) is 23.2 Å². The number of carbonyl (C=O) groups excluding carboxylic acids is 2. The van der Waals surface area contributed by atoms with E-state index in [0.717, 1.165) is 43.3 Å². The maximum Gasteiger partial charge on any atom is 0.283 e. The first kappa shape index (κ1) is 21.9. The molecule has 0 aliphatic carbocycles. The zero-order chi connectivity index (χ0) is 23.1. The molecule has 0 radical (unpaired) electrons. The van der Waals surface area contributed by atoms with Crippen LogP contribution in [0.4, 0.5) is 0 Å². The van der Waals surface area contributed by atoms with Crippen molar-refractivity contribution in [3.8, 4) is 11.3 Å². The summed E-state index contributed by atoms with van der Waals surface area (Å²) >= 11 is 13.2. The van der Waals surface area contributed by atoms with Crippen LogP contribution in [0.15, 0.2) is 50.4 Å². The highest BCUT2D eigenvalue weighted by Gasteiger charge is 2.36. The van der Waals surface area contributed by atoms with Gasteiger partial charge in [0, 0.05) is 18.7 Å². The lowest BCUT2D eigenvalue weighted by Gasteiger charge is -2.19. The summed E-state index contributed by atoms with van der Waals surface area (Å²) < 4.78 is 5.82. The first-order valence-corrected chi connectivity index (χ1v) is 11.8. The number of hydrogen-bond acceptors (Lipinski definition) is 6. The quantitative estimate of drug-likeness (QED) is 0.601. The van der Waals surface area contributed by atoms with Crippen molar-refractivity contribution in [1.82, 2.24) is 9.91 Å². The molecule has 1 aromatic heterocycles. The fraction of sp³-hybridized carbons (Fsp3) is 0.227. The number of furan rings is 1. The van der Waals surface area contributed by atoms with Crippen molar-refractivity contribution in [2.24, 2.45) is 10.1 Å². The maximum absolute atomic E-state index is 12.6. The summed E-state index contributed by atoms with van der Waals surface area (Å²) in [6, 6.07) is 8.56. The molecule has 5 rings (SSSR count). The summed E-state index contributed by atoms with van der Waals surface area (Å²) in [4.78, 5) is 30.9. The average molecular weight is 502 g/mol. The number of rotatable bonds is 4. The van der Waals surface area contributed by atoms with Crippen LogP contribution >= 0.6 is 35.0 Å². The number of nitrogens with zero attached hydrogens (tertiary/aromatic N) is 4. The second-order valence-corrected chi connectivity index (χ2v) is 9.46. The summed E-state index contributed by atoms with van der Waals surface area (Å²) in [7, 11) is 0. The van der Waals surface area contributed by atoms with Gasteiger partial charge in [-0.25, -0.2) is 0 Å². The Morgan fingerprint density at radius 1 is 1.18 bits per heavy atom. The summed E-state index contributed by atoms with van der Waals surface area (Å²) in [5.41, 5.74) is 0.775. The highest BCUT2D eigenvalue weighted by atomic mass is 35.5. The Kier molecular flexibility index (Phi) is 5.86. The zero-order valence-corrected chi connectivity index (χ0v) is 19.5. The van der Waals surface area contributed by atoms with E-state index in [1.165, 1.54) is 11.1 Å². The molecule has 3 aliphatic rings. The van der Waals surface area contributed by atoms with Crippen LogP contribution in [-0.4, -0.2) is 50.9 Å². The van der Waals surface area contributed by atoms with E-state index in [4.69, 9.17) is 33.0 Å². The minimum absolute atomic E-state index is 0.00163. The Labute approximate surface area is 203 Å². The Morgan fingerprint density at radius 3 is 2.73 bits per heavy atom. The maximum atomic E-state index is 12.6. The highest BCUT2D eigenvalue weighted by Crippen LogP contribution is 2.32. The topological polar surface area (TPSA) is 102 Å². The van der Waals surface area contributed by atoms with E-state index < -0.39 is 5.91 Å². The van der Waals surface area contributed by atoms with Gasteiger partial charge in [-0.2, -0.15) is 15.1 Å². The molecular weight excluding hydrogens is 485 g/mol. The van der Waals surface area contributed by atoms with Crippen LogP contribution in [0.3, 0.4) is 0 Å². The summed E-state index contributed by atoms with van der Waals surface area (Å²) in [5, 5.41) is 15.8. The molecule has 3 aliphatic heterocycles. The third-order valence-electron chi connectivity index (χ3n) is 5.38. The number of fused-ring (bicyclic) bond motifs is 1. The van der Waals surface area contributed by atoms with Crippen molar-refractivity contribution in [3.05, 3.63) is 51.7 Å². The fourth-order valence-corrected chi connectivity index (χ4v) is 4.86. The Hall–Kier alpha value is -2.88. The van der Waals surface area contributed by atoms with E-state index in [1.54, 1.807) is 30.3 Å². The summed E-state index contributed by atoms with van der Waals surface area (Å²) in [6.07, 6.45) is 3.61. The largest absolute Gasteiger partial charge is 0.457 e. The number of hydrogen-bond donors (Lipinski definition) is 1. The van der Waals surface area contributed by atoms with E-state index in [9.17, 15) is 9.59 Å². The molecule has 1 saturated heterocycles. The second kappa shape index (κ2) is 8.81. The molecule has 8 nitrogen and oxygen atoms in total. The zero-order valence-electron chi connectivity index (χ0n) is 17.2. The highest BCUT2D eigenvalue weighted by molar-refractivity contribution is 8.27. The number of nitrogens with one attached hydrogen (secondary N) is 1. The lowest BCUT2D eigenvalue weighted by Crippen LogP contribution is -2.35. The Balaban J connectivity index is 1.35. The van der Waals surface area contributed by atoms with Crippen molar-refractivity contribution >= 4 is 68.9 Å². The van der Waals surface area contributed by atoms with Crippen LogP contribution in [0.2, 0.25) is 10.0 Å². The van der Waals surface area contributed by atoms with Crippen molar-refractivity contribution in [1.29, 1.82) is 5.41 Å². The summed E-state index contributed by atoms with van der Waals surface area (Å²) in [6.45, 7) is 1.52. The molecule has 4 heterocycles. The van der Waals surface area contributed by atoms with Crippen LogP contribution in [-0.2, 0) is 9.59 Å². The van der Waals surface area contributed by atoms with E-state index in [0.29, 0.717) is 26.6 Å². The van der Waals surface area contributed by atoms with Gasteiger partial charge in [0.1, 0.15) is 16.6 Å². The Morgan fingerprint density at radius 2 is 1.97 bits per heavy atom. The molecule has 0 bridgehead atoms. The van der Waals surface area contributed by atoms with Crippen molar-refractivity contribution in [2.75, 3.05) is 13.1 Å².